The molecule has 0 N–H and O–H groups in total. The lowest BCUT2D eigenvalue weighted by atomic mass is 10.4. The summed E-state index contributed by atoms with van der Waals surface area (Å²) in [4.78, 5) is 0. The van der Waals surface area contributed by atoms with Crippen LogP contribution in [0.1, 0.15) is 19.8 Å². The van der Waals surface area contributed by atoms with Gasteiger partial charge in [0.1, 0.15) is 0 Å². The molecule has 0 bridgehead atoms. The van der Waals surface area contributed by atoms with Crippen LogP contribution in [0.5, 0.6) is 0 Å². The molecule has 0 atom stereocenters. The summed E-state index contributed by atoms with van der Waals surface area (Å²) in [6.45, 7) is 2.72. The van der Waals surface area contributed by atoms with Gasteiger partial charge < -0.3 is 17.7 Å². The lowest BCUT2D eigenvalue weighted by Gasteiger charge is -2.22. The van der Waals surface area contributed by atoms with Crippen LogP contribution in [-0.2, 0) is 17.7 Å². The van der Waals surface area contributed by atoms with Gasteiger partial charge in [-0.05, 0) is 6.42 Å². The van der Waals surface area contributed by atoms with Crippen molar-refractivity contribution in [3.63, 3.8) is 0 Å². The van der Waals surface area contributed by atoms with E-state index in [1.165, 1.54) is 21.3 Å². The molecule has 0 heterocycles. The van der Waals surface area contributed by atoms with E-state index in [0.29, 0.717) is 6.61 Å². The first kappa shape index (κ1) is 12.1. The minimum atomic E-state index is -2.75. The lowest BCUT2D eigenvalue weighted by Crippen LogP contribution is -2.46. The number of rotatable bonds is 7. The van der Waals surface area contributed by atoms with Crippen molar-refractivity contribution in [2.24, 2.45) is 0 Å². The van der Waals surface area contributed by atoms with E-state index in [0.717, 1.165) is 12.8 Å². The van der Waals surface area contributed by atoms with Crippen molar-refractivity contribution in [3.05, 3.63) is 0 Å². The minimum absolute atomic E-state index is 0.623. The monoisotopic (exact) mass is 194 g/mol. The zero-order valence-electron chi connectivity index (χ0n) is 8.25. The van der Waals surface area contributed by atoms with Gasteiger partial charge in [0.2, 0.25) is 0 Å². The smallest absolute Gasteiger partial charge is 0.355 e. The highest BCUT2D eigenvalue weighted by atomic mass is 28.4. The van der Waals surface area contributed by atoms with Gasteiger partial charge in [0.25, 0.3) is 0 Å². The molecule has 0 aromatic rings. The normalized spacial score (nSPS) is 12.0. The summed E-state index contributed by atoms with van der Waals surface area (Å²) in [5.41, 5.74) is 0. The Morgan fingerprint density at radius 2 is 1.50 bits per heavy atom. The molecular weight excluding hydrogens is 176 g/mol. The Balaban J connectivity index is 3.76. The molecule has 4 nitrogen and oxygen atoms in total. The maximum atomic E-state index is 5.39. The summed E-state index contributed by atoms with van der Waals surface area (Å²) < 4.78 is 20.6. The zero-order chi connectivity index (χ0) is 9.45. The predicted octanol–water partition coefficient (Wildman–Crippen LogP) is 1.18. The van der Waals surface area contributed by atoms with E-state index in [4.69, 9.17) is 17.7 Å². The van der Waals surface area contributed by atoms with Crippen LogP contribution in [0.2, 0.25) is 0 Å². The highest BCUT2D eigenvalue weighted by molar-refractivity contribution is 6.53. The molecule has 74 valence electrons. The third kappa shape index (κ3) is 3.64. The minimum Gasteiger partial charge on any atom is -0.355 e. The third-order valence-corrected chi connectivity index (χ3v) is 3.58. The summed E-state index contributed by atoms with van der Waals surface area (Å²) in [7, 11) is 1.84. The maximum Gasteiger partial charge on any atom is 0.678 e. The van der Waals surface area contributed by atoms with Gasteiger partial charge in [0.15, 0.2) is 0 Å². The van der Waals surface area contributed by atoms with Crippen molar-refractivity contribution in [3.8, 4) is 0 Å². The molecule has 0 spiro atoms. The van der Waals surface area contributed by atoms with E-state index in [1.807, 2.05) is 0 Å². The van der Waals surface area contributed by atoms with Crippen LogP contribution in [0.15, 0.2) is 0 Å². The van der Waals surface area contributed by atoms with Crippen LogP contribution in [-0.4, -0.2) is 37.0 Å². The van der Waals surface area contributed by atoms with Gasteiger partial charge in [-0.3, -0.25) is 0 Å². The average Bonchev–Trinajstić information content (AvgIpc) is 2.14. The fraction of sp³-hybridized carbons (Fsp3) is 1.00. The fourth-order valence-corrected chi connectivity index (χ4v) is 2.02. The largest absolute Gasteiger partial charge is 0.678 e. The summed E-state index contributed by atoms with van der Waals surface area (Å²) in [6, 6.07) is 0. The fourth-order valence-electron chi connectivity index (χ4n) is 0.768. The second-order valence-corrected chi connectivity index (χ2v) is 4.83. The highest BCUT2D eigenvalue weighted by Gasteiger charge is 2.41. The average molecular weight is 194 g/mol. The van der Waals surface area contributed by atoms with Crippen LogP contribution in [0, 0.1) is 0 Å². The van der Waals surface area contributed by atoms with Crippen LogP contribution >= 0.6 is 0 Å². The van der Waals surface area contributed by atoms with E-state index < -0.39 is 9.05 Å². The van der Waals surface area contributed by atoms with Gasteiger partial charge in [-0.15, -0.1) is 0 Å². The van der Waals surface area contributed by atoms with E-state index in [2.05, 4.69) is 6.92 Å². The summed E-state index contributed by atoms with van der Waals surface area (Å²) in [5, 5.41) is 0. The highest BCUT2D eigenvalue weighted by Crippen LogP contribution is 2.08. The van der Waals surface area contributed by atoms with Gasteiger partial charge in [0, 0.05) is 27.9 Å². The standard InChI is InChI=1S/C7H18O4Si/c1-5-6-7-11-12(8-2,9-3)10-4/h5-7H2,1-4H3. The first-order valence-corrected chi connectivity index (χ1v) is 5.67. The molecule has 5 heteroatoms. The second kappa shape index (κ2) is 6.56. The Morgan fingerprint density at radius 3 is 1.83 bits per heavy atom. The molecule has 0 aromatic carbocycles. The van der Waals surface area contributed by atoms with E-state index >= 15 is 0 Å². The van der Waals surface area contributed by atoms with Crippen LogP contribution < -0.4 is 0 Å². The molecule has 0 aliphatic heterocycles. The molecule has 0 saturated heterocycles. The molecule has 0 aliphatic carbocycles. The quantitative estimate of drug-likeness (QED) is 0.450. The molecule has 0 aromatic heterocycles. The van der Waals surface area contributed by atoms with Crippen molar-refractivity contribution in [2.45, 2.75) is 19.8 Å². The Bertz CT molecular complexity index is 97.3. The third-order valence-electron chi connectivity index (χ3n) is 1.53. The Kier molecular flexibility index (Phi) is 6.59. The maximum absolute atomic E-state index is 5.39. The molecule has 0 rings (SSSR count). The number of hydrogen-bond acceptors (Lipinski definition) is 4. The van der Waals surface area contributed by atoms with E-state index in [-0.39, 0.29) is 0 Å². The molecule has 0 radical (unpaired) electrons. The Morgan fingerprint density at radius 1 is 1.00 bits per heavy atom. The van der Waals surface area contributed by atoms with Gasteiger partial charge in [-0.2, -0.15) is 0 Å². The van der Waals surface area contributed by atoms with Crippen LogP contribution in [0.4, 0.5) is 0 Å². The summed E-state index contributed by atoms with van der Waals surface area (Å²) in [5.74, 6) is 0. The predicted molar refractivity (Wildman–Crippen MR) is 47.6 cm³/mol. The van der Waals surface area contributed by atoms with Crippen molar-refractivity contribution < 1.29 is 17.7 Å². The van der Waals surface area contributed by atoms with Crippen molar-refractivity contribution in [1.82, 2.24) is 0 Å². The Labute approximate surface area is 75.3 Å². The second-order valence-electron chi connectivity index (χ2n) is 2.31. The van der Waals surface area contributed by atoms with Gasteiger partial charge in [0.05, 0.1) is 0 Å². The van der Waals surface area contributed by atoms with E-state index in [9.17, 15) is 0 Å². The molecule has 0 unspecified atom stereocenters. The topological polar surface area (TPSA) is 36.9 Å². The Hall–Kier alpha value is 0.0569. The van der Waals surface area contributed by atoms with Crippen LogP contribution in [0.25, 0.3) is 0 Å². The van der Waals surface area contributed by atoms with Gasteiger partial charge in [-0.25, -0.2) is 0 Å². The van der Waals surface area contributed by atoms with Gasteiger partial charge in [-0.1, -0.05) is 13.3 Å². The number of unbranched alkanes of at least 4 members (excludes halogenated alkanes) is 1. The van der Waals surface area contributed by atoms with Crippen LogP contribution in [0.3, 0.4) is 0 Å². The van der Waals surface area contributed by atoms with E-state index in [1.54, 1.807) is 0 Å². The lowest BCUT2D eigenvalue weighted by molar-refractivity contribution is 0.00532. The van der Waals surface area contributed by atoms with Crippen molar-refractivity contribution >= 4 is 9.05 Å². The summed E-state index contributed by atoms with van der Waals surface area (Å²) in [6.07, 6.45) is 2.08. The molecule has 12 heavy (non-hydrogen) atoms. The van der Waals surface area contributed by atoms with Gasteiger partial charge >= 0.3 is 9.05 Å². The molecule has 0 amide bonds. The molecular formula is C7H18O4Si. The zero-order valence-corrected chi connectivity index (χ0v) is 9.25. The molecule has 0 fully saturated rings. The van der Waals surface area contributed by atoms with Crippen molar-refractivity contribution in [1.29, 1.82) is 0 Å². The first-order chi connectivity index (χ1) is 5.74. The number of hydrogen-bond donors (Lipinski definition) is 0. The van der Waals surface area contributed by atoms with Crippen molar-refractivity contribution in [2.75, 3.05) is 27.9 Å². The molecule has 0 saturated carbocycles. The molecule has 0 aliphatic rings. The summed E-state index contributed by atoms with van der Waals surface area (Å²) >= 11 is 0. The SMILES string of the molecule is CCCCO[Si](OC)(OC)OC. The first-order valence-electron chi connectivity index (χ1n) is 4.04.